The Balaban J connectivity index is 2.11. The van der Waals surface area contributed by atoms with E-state index in [2.05, 4.69) is 10.3 Å². The van der Waals surface area contributed by atoms with Crippen molar-refractivity contribution in [2.45, 2.75) is 19.1 Å². The number of aromatic nitrogens is 3. The van der Waals surface area contributed by atoms with Crippen molar-refractivity contribution in [2.75, 3.05) is 11.5 Å². The maximum absolute atomic E-state index is 8.77. The molecule has 0 spiro atoms. The SMILES string of the molecule is OCc1cn([C@H]2CCSC2)nn1. The van der Waals surface area contributed by atoms with Crippen LogP contribution in [0.25, 0.3) is 0 Å². The summed E-state index contributed by atoms with van der Waals surface area (Å²) in [6, 6.07) is 0.489. The Bertz CT molecular complexity index is 257. The standard InChI is InChI=1S/C7H11N3OS/c11-4-6-3-10(9-8-6)7-1-2-12-5-7/h3,7,11H,1-2,4-5H2/t7-/m0/s1. The fourth-order valence-electron chi connectivity index (χ4n) is 1.30. The van der Waals surface area contributed by atoms with Crippen LogP contribution in [-0.4, -0.2) is 31.6 Å². The molecule has 0 aliphatic carbocycles. The molecule has 1 saturated heterocycles. The van der Waals surface area contributed by atoms with Crippen LogP contribution in [0.4, 0.5) is 0 Å². The lowest BCUT2D eigenvalue weighted by atomic mass is 10.3. The molecular formula is C7H11N3OS. The van der Waals surface area contributed by atoms with E-state index < -0.39 is 0 Å². The van der Waals surface area contributed by atoms with Crippen LogP contribution in [0, 0.1) is 0 Å². The number of aliphatic hydroxyl groups excluding tert-OH is 1. The summed E-state index contributed by atoms with van der Waals surface area (Å²) in [4.78, 5) is 0. The van der Waals surface area contributed by atoms with E-state index in [1.54, 1.807) is 0 Å². The Labute approximate surface area is 75.0 Å². The molecule has 5 heteroatoms. The van der Waals surface area contributed by atoms with E-state index in [4.69, 9.17) is 5.11 Å². The number of thioether (sulfide) groups is 1. The molecule has 0 unspecified atom stereocenters. The first kappa shape index (κ1) is 8.07. The van der Waals surface area contributed by atoms with Gasteiger partial charge in [-0.25, -0.2) is 4.68 Å². The molecule has 1 aliphatic heterocycles. The average molecular weight is 185 g/mol. The Hall–Kier alpha value is -0.550. The second-order valence-electron chi connectivity index (χ2n) is 2.87. The van der Waals surface area contributed by atoms with Crippen LogP contribution >= 0.6 is 11.8 Å². The van der Waals surface area contributed by atoms with Gasteiger partial charge in [0.15, 0.2) is 0 Å². The highest BCUT2D eigenvalue weighted by Crippen LogP contribution is 2.26. The van der Waals surface area contributed by atoms with Crippen molar-refractivity contribution < 1.29 is 5.11 Å². The molecular weight excluding hydrogens is 174 g/mol. The topological polar surface area (TPSA) is 50.9 Å². The van der Waals surface area contributed by atoms with Gasteiger partial charge >= 0.3 is 0 Å². The van der Waals surface area contributed by atoms with E-state index in [1.807, 2.05) is 22.6 Å². The van der Waals surface area contributed by atoms with Crippen LogP contribution in [0.15, 0.2) is 6.20 Å². The summed E-state index contributed by atoms with van der Waals surface area (Å²) in [5.41, 5.74) is 0.659. The molecule has 2 rings (SSSR count). The highest BCUT2D eigenvalue weighted by molar-refractivity contribution is 7.99. The van der Waals surface area contributed by atoms with Crippen molar-refractivity contribution in [1.29, 1.82) is 0 Å². The van der Waals surface area contributed by atoms with E-state index in [9.17, 15) is 0 Å². The van der Waals surface area contributed by atoms with Gasteiger partial charge in [0, 0.05) is 5.75 Å². The van der Waals surface area contributed by atoms with Crippen LogP contribution in [0.2, 0.25) is 0 Å². The van der Waals surface area contributed by atoms with Gasteiger partial charge in [-0.05, 0) is 12.2 Å². The van der Waals surface area contributed by atoms with E-state index in [1.165, 1.54) is 12.2 Å². The van der Waals surface area contributed by atoms with Crippen LogP contribution in [0.5, 0.6) is 0 Å². The van der Waals surface area contributed by atoms with E-state index >= 15 is 0 Å². The number of hydrogen-bond acceptors (Lipinski definition) is 4. The molecule has 0 saturated carbocycles. The van der Waals surface area contributed by atoms with Crippen molar-refractivity contribution in [1.82, 2.24) is 15.0 Å². The summed E-state index contributed by atoms with van der Waals surface area (Å²) in [5.74, 6) is 2.33. The Morgan fingerprint density at radius 1 is 1.75 bits per heavy atom. The third kappa shape index (κ3) is 1.47. The first-order valence-electron chi connectivity index (χ1n) is 3.99. The Morgan fingerprint density at radius 3 is 3.25 bits per heavy atom. The highest BCUT2D eigenvalue weighted by atomic mass is 32.2. The molecule has 4 nitrogen and oxygen atoms in total. The van der Waals surface area contributed by atoms with Gasteiger partial charge in [0.05, 0.1) is 18.8 Å². The Morgan fingerprint density at radius 2 is 2.67 bits per heavy atom. The minimum atomic E-state index is -0.0140. The van der Waals surface area contributed by atoms with Crippen LogP contribution in [0.3, 0.4) is 0 Å². The van der Waals surface area contributed by atoms with Gasteiger partial charge in [-0.15, -0.1) is 5.10 Å². The third-order valence-corrected chi connectivity index (χ3v) is 3.14. The first-order valence-corrected chi connectivity index (χ1v) is 5.15. The molecule has 0 radical (unpaired) electrons. The summed E-state index contributed by atoms with van der Waals surface area (Å²) in [7, 11) is 0. The van der Waals surface area contributed by atoms with Gasteiger partial charge in [-0.2, -0.15) is 11.8 Å². The second-order valence-corrected chi connectivity index (χ2v) is 4.02. The predicted octanol–water partition coefficient (Wildman–Crippen LogP) is 0.448. The molecule has 66 valence electrons. The lowest BCUT2D eigenvalue weighted by molar-refractivity contribution is 0.276. The molecule has 12 heavy (non-hydrogen) atoms. The fourth-order valence-corrected chi connectivity index (χ4v) is 2.49. The molecule has 1 fully saturated rings. The maximum atomic E-state index is 8.77. The molecule has 0 aromatic carbocycles. The number of aliphatic hydroxyl groups is 1. The molecule has 0 bridgehead atoms. The molecule has 0 amide bonds. The summed E-state index contributed by atoms with van der Waals surface area (Å²) in [5, 5.41) is 16.6. The van der Waals surface area contributed by atoms with Gasteiger partial charge < -0.3 is 5.11 Å². The smallest absolute Gasteiger partial charge is 0.108 e. The lowest BCUT2D eigenvalue weighted by Gasteiger charge is -2.05. The number of rotatable bonds is 2. The van der Waals surface area contributed by atoms with E-state index in [0.717, 1.165) is 5.75 Å². The monoisotopic (exact) mass is 185 g/mol. The largest absolute Gasteiger partial charge is 0.390 e. The van der Waals surface area contributed by atoms with Crippen molar-refractivity contribution in [3.63, 3.8) is 0 Å². The van der Waals surface area contributed by atoms with Gasteiger partial charge in [0.25, 0.3) is 0 Å². The second kappa shape index (κ2) is 3.45. The normalized spacial score (nSPS) is 23.2. The minimum Gasteiger partial charge on any atom is -0.390 e. The quantitative estimate of drug-likeness (QED) is 0.726. The van der Waals surface area contributed by atoms with Crippen molar-refractivity contribution in [3.05, 3.63) is 11.9 Å². The molecule has 1 aromatic rings. The zero-order chi connectivity index (χ0) is 8.39. The summed E-state index contributed by atoms with van der Waals surface area (Å²) < 4.78 is 1.87. The van der Waals surface area contributed by atoms with Crippen molar-refractivity contribution in [2.24, 2.45) is 0 Å². The fraction of sp³-hybridized carbons (Fsp3) is 0.714. The maximum Gasteiger partial charge on any atom is 0.108 e. The average Bonchev–Trinajstić information content (AvgIpc) is 2.75. The van der Waals surface area contributed by atoms with Crippen LogP contribution in [0.1, 0.15) is 18.2 Å². The molecule has 1 atom stereocenters. The molecule has 2 heterocycles. The summed E-state index contributed by atoms with van der Waals surface area (Å²) in [6.45, 7) is -0.0140. The number of nitrogens with zero attached hydrogens (tertiary/aromatic N) is 3. The van der Waals surface area contributed by atoms with Gasteiger partial charge in [0.2, 0.25) is 0 Å². The third-order valence-electron chi connectivity index (χ3n) is 2.00. The zero-order valence-corrected chi connectivity index (χ0v) is 7.50. The molecule has 1 N–H and O–H groups in total. The molecule has 1 aliphatic rings. The Kier molecular flexibility index (Phi) is 2.32. The van der Waals surface area contributed by atoms with E-state index in [0.29, 0.717) is 11.7 Å². The predicted molar refractivity (Wildman–Crippen MR) is 46.9 cm³/mol. The van der Waals surface area contributed by atoms with Crippen LogP contribution < -0.4 is 0 Å². The highest BCUT2D eigenvalue weighted by Gasteiger charge is 2.18. The van der Waals surface area contributed by atoms with Crippen molar-refractivity contribution in [3.8, 4) is 0 Å². The van der Waals surface area contributed by atoms with Gasteiger partial charge in [-0.3, -0.25) is 0 Å². The van der Waals surface area contributed by atoms with E-state index in [-0.39, 0.29) is 6.61 Å². The first-order chi connectivity index (χ1) is 5.90. The summed E-state index contributed by atoms with van der Waals surface area (Å²) >= 11 is 1.94. The lowest BCUT2D eigenvalue weighted by Crippen LogP contribution is -2.08. The zero-order valence-electron chi connectivity index (χ0n) is 6.68. The minimum absolute atomic E-state index is 0.0140. The molecule has 1 aromatic heterocycles. The van der Waals surface area contributed by atoms with Crippen molar-refractivity contribution >= 4 is 11.8 Å². The number of hydrogen-bond donors (Lipinski definition) is 1. The van der Waals surface area contributed by atoms with Crippen LogP contribution in [-0.2, 0) is 6.61 Å². The van der Waals surface area contributed by atoms with Gasteiger partial charge in [-0.1, -0.05) is 5.21 Å². The van der Waals surface area contributed by atoms with Gasteiger partial charge in [0.1, 0.15) is 5.69 Å². The summed E-state index contributed by atoms with van der Waals surface area (Å²) in [6.07, 6.45) is 3.00.